The third kappa shape index (κ3) is 3.46. The normalized spacial score (nSPS) is 10.9. The van der Waals surface area contributed by atoms with Crippen LogP contribution < -0.4 is 14.8 Å². The second-order valence-corrected chi connectivity index (χ2v) is 6.27. The lowest BCUT2D eigenvalue weighted by atomic mass is 10.2. The molecule has 7 nitrogen and oxygen atoms in total. The van der Waals surface area contributed by atoms with Gasteiger partial charge in [-0.3, -0.25) is 4.79 Å². The van der Waals surface area contributed by atoms with E-state index in [2.05, 4.69) is 5.32 Å². The predicted molar refractivity (Wildman–Crippen MR) is 103 cm³/mol. The second-order valence-electron chi connectivity index (χ2n) is 6.27. The van der Waals surface area contributed by atoms with Gasteiger partial charge in [-0.15, -0.1) is 0 Å². The molecule has 0 saturated carbocycles. The van der Waals surface area contributed by atoms with Crippen LogP contribution in [0, 0.1) is 0 Å². The lowest BCUT2D eigenvalue weighted by molar-refractivity contribution is 0.0939. The lowest BCUT2D eigenvalue weighted by Crippen LogP contribution is -2.25. The standard InChI is InChI=1S/C21H20N2O5/c1-25-16-8-14(9-17(10-16)26-2)13-23-18-5-7-28-20(18)11-19(23)21(24)22-12-15-4-3-6-27-15/h3-11H,12-13H2,1-2H3,(H,22,24). The molecule has 1 amide bonds. The van der Waals surface area contributed by atoms with Gasteiger partial charge in [0.15, 0.2) is 5.58 Å². The van der Waals surface area contributed by atoms with Gasteiger partial charge in [0.05, 0.1) is 38.8 Å². The summed E-state index contributed by atoms with van der Waals surface area (Å²) in [6, 6.07) is 12.8. The number of carbonyl (C=O) groups excluding carboxylic acids is 1. The summed E-state index contributed by atoms with van der Waals surface area (Å²) in [5.74, 6) is 1.85. The Bertz CT molecular complexity index is 1070. The first-order valence-electron chi connectivity index (χ1n) is 8.77. The molecule has 0 saturated heterocycles. The van der Waals surface area contributed by atoms with Gasteiger partial charge >= 0.3 is 0 Å². The van der Waals surface area contributed by atoms with E-state index in [1.807, 2.05) is 34.9 Å². The van der Waals surface area contributed by atoms with Crippen molar-refractivity contribution in [1.29, 1.82) is 0 Å². The van der Waals surface area contributed by atoms with Crippen LogP contribution in [0.15, 0.2) is 63.8 Å². The first-order chi connectivity index (χ1) is 13.7. The number of nitrogens with one attached hydrogen (secondary N) is 1. The van der Waals surface area contributed by atoms with Crippen molar-refractivity contribution in [3.8, 4) is 11.5 Å². The van der Waals surface area contributed by atoms with Crippen LogP contribution in [0.5, 0.6) is 11.5 Å². The van der Waals surface area contributed by atoms with Gasteiger partial charge in [0.25, 0.3) is 5.91 Å². The minimum atomic E-state index is -0.210. The van der Waals surface area contributed by atoms with Crippen molar-refractivity contribution in [3.63, 3.8) is 0 Å². The molecule has 28 heavy (non-hydrogen) atoms. The van der Waals surface area contributed by atoms with Crippen molar-refractivity contribution in [1.82, 2.24) is 9.88 Å². The molecule has 0 unspecified atom stereocenters. The van der Waals surface area contributed by atoms with E-state index >= 15 is 0 Å². The second kappa shape index (κ2) is 7.56. The molecule has 0 aliphatic rings. The zero-order valence-electron chi connectivity index (χ0n) is 15.6. The van der Waals surface area contributed by atoms with Crippen LogP contribution in [0.1, 0.15) is 21.8 Å². The summed E-state index contributed by atoms with van der Waals surface area (Å²) >= 11 is 0. The van der Waals surface area contributed by atoms with Crippen LogP contribution in [0.25, 0.3) is 11.1 Å². The van der Waals surface area contributed by atoms with Gasteiger partial charge in [0, 0.05) is 24.7 Å². The molecule has 4 aromatic rings. The summed E-state index contributed by atoms with van der Waals surface area (Å²) in [6.07, 6.45) is 3.19. The van der Waals surface area contributed by atoms with Crippen molar-refractivity contribution >= 4 is 17.0 Å². The first kappa shape index (κ1) is 17.8. The average Bonchev–Trinajstić information content (AvgIpc) is 3.45. The summed E-state index contributed by atoms with van der Waals surface area (Å²) in [5.41, 5.74) is 2.93. The van der Waals surface area contributed by atoms with Crippen LogP contribution in [0.2, 0.25) is 0 Å². The Balaban J connectivity index is 1.65. The number of hydrogen-bond donors (Lipinski definition) is 1. The average molecular weight is 380 g/mol. The number of aromatic nitrogens is 1. The number of amides is 1. The first-order valence-corrected chi connectivity index (χ1v) is 8.77. The zero-order valence-corrected chi connectivity index (χ0v) is 15.6. The molecule has 0 bridgehead atoms. The summed E-state index contributed by atoms with van der Waals surface area (Å²) in [7, 11) is 3.21. The fourth-order valence-corrected chi connectivity index (χ4v) is 3.15. The maximum Gasteiger partial charge on any atom is 0.268 e. The quantitative estimate of drug-likeness (QED) is 0.527. The summed E-state index contributed by atoms with van der Waals surface area (Å²) in [4.78, 5) is 12.8. The SMILES string of the molecule is COc1cc(Cn2c(C(=O)NCc3ccco3)cc3occc32)cc(OC)c1. The molecular weight excluding hydrogens is 360 g/mol. The van der Waals surface area contributed by atoms with E-state index in [0.717, 1.165) is 11.1 Å². The Morgan fingerprint density at radius 3 is 2.50 bits per heavy atom. The maximum absolute atomic E-state index is 12.8. The van der Waals surface area contributed by atoms with E-state index in [1.54, 1.807) is 38.9 Å². The van der Waals surface area contributed by atoms with Crippen LogP contribution in [0.3, 0.4) is 0 Å². The highest BCUT2D eigenvalue weighted by Gasteiger charge is 2.18. The van der Waals surface area contributed by atoms with Crippen LogP contribution in [-0.2, 0) is 13.1 Å². The summed E-state index contributed by atoms with van der Waals surface area (Å²) in [6.45, 7) is 0.769. The fourth-order valence-electron chi connectivity index (χ4n) is 3.15. The van der Waals surface area contributed by atoms with Gasteiger partial charge in [-0.1, -0.05) is 0 Å². The topological polar surface area (TPSA) is 78.8 Å². The molecule has 0 aliphatic carbocycles. The predicted octanol–water partition coefficient (Wildman–Crippen LogP) is 3.82. The van der Waals surface area contributed by atoms with Crippen molar-refractivity contribution in [2.24, 2.45) is 0 Å². The number of hydrogen-bond acceptors (Lipinski definition) is 5. The number of methoxy groups -OCH3 is 2. The molecule has 0 spiro atoms. The number of ether oxygens (including phenoxy) is 2. The van der Waals surface area contributed by atoms with E-state index in [0.29, 0.717) is 41.6 Å². The van der Waals surface area contributed by atoms with Gasteiger partial charge < -0.3 is 28.2 Å². The van der Waals surface area contributed by atoms with E-state index in [4.69, 9.17) is 18.3 Å². The summed E-state index contributed by atoms with van der Waals surface area (Å²) in [5, 5.41) is 2.88. The van der Waals surface area contributed by atoms with Crippen molar-refractivity contribution in [2.75, 3.05) is 14.2 Å². The smallest absolute Gasteiger partial charge is 0.268 e. The number of rotatable bonds is 7. The van der Waals surface area contributed by atoms with Crippen LogP contribution in [0.4, 0.5) is 0 Å². The number of furan rings is 2. The van der Waals surface area contributed by atoms with Gasteiger partial charge in [-0.25, -0.2) is 0 Å². The third-order valence-corrected chi connectivity index (χ3v) is 4.51. The number of fused-ring (bicyclic) bond motifs is 1. The molecular formula is C21H20N2O5. The van der Waals surface area contributed by atoms with Crippen LogP contribution in [-0.4, -0.2) is 24.7 Å². The minimum absolute atomic E-state index is 0.210. The highest BCUT2D eigenvalue weighted by Crippen LogP contribution is 2.26. The number of nitrogens with zero attached hydrogens (tertiary/aromatic N) is 1. The fraction of sp³-hybridized carbons (Fsp3) is 0.190. The van der Waals surface area contributed by atoms with Gasteiger partial charge in [-0.05, 0) is 29.8 Å². The highest BCUT2D eigenvalue weighted by molar-refractivity contribution is 5.97. The van der Waals surface area contributed by atoms with E-state index in [9.17, 15) is 4.79 Å². The van der Waals surface area contributed by atoms with Gasteiger partial charge in [-0.2, -0.15) is 0 Å². The van der Waals surface area contributed by atoms with Crippen LogP contribution >= 0.6 is 0 Å². The van der Waals surface area contributed by atoms with E-state index in [-0.39, 0.29) is 5.91 Å². The molecule has 4 rings (SSSR count). The van der Waals surface area contributed by atoms with Gasteiger partial charge in [0.2, 0.25) is 0 Å². The highest BCUT2D eigenvalue weighted by atomic mass is 16.5. The van der Waals surface area contributed by atoms with Crippen molar-refractivity contribution in [2.45, 2.75) is 13.1 Å². The largest absolute Gasteiger partial charge is 0.497 e. The number of benzene rings is 1. The van der Waals surface area contributed by atoms with Crippen molar-refractivity contribution < 1.29 is 23.1 Å². The van der Waals surface area contributed by atoms with Gasteiger partial charge in [0.1, 0.15) is 23.0 Å². The molecule has 1 aromatic carbocycles. The Morgan fingerprint density at radius 2 is 1.82 bits per heavy atom. The Kier molecular flexibility index (Phi) is 4.80. The minimum Gasteiger partial charge on any atom is -0.497 e. The molecule has 144 valence electrons. The molecule has 0 atom stereocenters. The number of carbonyl (C=O) groups is 1. The maximum atomic E-state index is 12.8. The Morgan fingerprint density at radius 1 is 1.04 bits per heavy atom. The Hall–Kier alpha value is -3.61. The summed E-state index contributed by atoms with van der Waals surface area (Å²) < 4.78 is 23.4. The molecule has 3 aromatic heterocycles. The molecule has 7 heteroatoms. The molecule has 0 radical (unpaired) electrons. The molecule has 1 N–H and O–H groups in total. The lowest BCUT2D eigenvalue weighted by Gasteiger charge is -2.12. The monoisotopic (exact) mass is 380 g/mol. The third-order valence-electron chi connectivity index (χ3n) is 4.51. The molecule has 3 heterocycles. The zero-order chi connectivity index (χ0) is 19.5. The Labute approximate surface area is 161 Å². The molecule has 0 fully saturated rings. The molecule has 0 aliphatic heterocycles. The van der Waals surface area contributed by atoms with E-state index in [1.165, 1.54) is 0 Å². The van der Waals surface area contributed by atoms with Crippen molar-refractivity contribution in [3.05, 3.63) is 72.0 Å². The van der Waals surface area contributed by atoms with E-state index < -0.39 is 0 Å².